The van der Waals surface area contributed by atoms with Crippen LogP contribution in [0.5, 0.6) is 0 Å². The molecule has 6 nitrogen and oxygen atoms in total. The van der Waals surface area contributed by atoms with Crippen molar-refractivity contribution < 1.29 is 19.8 Å². The Morgan fingerprint density at radius 1 is 1.35 bits per heavy atom. The zero-order valence-electron chi connectivity index (χ0n) is 9.46. The van der Waals surface area contributed by atoms with Gasteiger partial charge in [0.1, 0.15) is 12.4 Å². The summed E-state index contributed by atoms with van der Waals surface area (Å²) in [6.45, 7) is 1.67. The van der Waals surface area contributed by atoms with Gasteiger partial charge < -0.3 is 15.1 Å². The molecule has 1 heterocycles. The molecule has 1 aromatic rings. The number of anilines is 1. The van der Waals surface area contributed by atoms with Gasteiger partial charge in [-0.1, -0.05) is 6.07 Å². The van der Waals surface area contributed by atoms with E-state index in [9.17, 15) is 9.59 Å². The zero-order chi connectivity index (χ0) is 12.8. The fraction of sp³-hybridized carbons (Fsp3) is 0.364. The van der Waals surface area contributed by atoms with E-state index in [1.807, 2.05) is 0 Å². The van der Waals surface area contributed by atoms with Crippen molar-refractivity contribution in [2.24, 2.45) is 0 Å². The Kier molecular flexibility index (Phi) is 4.45. The zero-order valence-corrected chi connectivity index (χ0v) is 9.46. The molecule has 92 valence electrons. The first-order valence-corrected chi connectivity index (χ1v) is 5.11. The van der Waals surface area contributed by atoms with Gasteiger partial charge in [-0.3, -0.25) is 9.59 Å². The third kappa shape index (κ3) is 4.10. The van der Waals surface area contributed by atoms with Crippen LogP contribution in [0.4, 0.5) is 5.82 Å². The van der Waals surface area contributed by atoms with Gasteiger partial charge >= 0.3 is 11.9 Å². The fourth-order valence-electron chi connectivity index (χ4n) is 1.46. The maximum absolute atomic E-state index is 10.7. The lowest BCUT2D eigenvalue weighted by atomic mass is 10.2. The van der Waals surface area contributed by atoms with E-state index in [2.05, 4.69) is 4.98 Å². The molecule has 0 saturated heterocycles. The van der Waals surface area contributed by atoms with Crippen LogP contribution in [0.2, 0.25) is 0 Å². The quantitative estimate of drug-likeness (QED) is 0.760. The van der Waals surface area contributed by atoms with Crippen molar-refractivity contribution in [3.8, 4) is 0 Å². The van der Waals surface area contributed by atoms with Crippen molar-refractivity contribution >= 4 is 17.8 Å². The molecule has 1 aromatic heterocycles. The molecule has 0 aliphatic heterocycles. The van der Waals surface area contributed by atoms with Gasteiger partial charge in [0, 0.05) is 12.7 Å². The summed E-state index contributed by atoms with van der Waals surface area (Å²) in [4.78, 5) is 26.8. The third-order valence-corrected chi connectivity index (χ3v) is 2.20. The smallest absolute Gasteiger partial charge is 0.323 e. The van der Waals surface area contributed by atoms with Crippen molar-refractivity contribution in [2.45, 2.75) is 13.3 Å². The van der Waals surface area contributed by atoms with Gasteiger partial charge in [0.05, 0.1) is 6.42 Å². The standard InChI is InChI=1S/C11H14N2O4/c1-8-3-2-5-12-11(8)13(7-10(16)17)6-4-9(14)15/h2-3,5H,4,6-7H2,1H3,(H,14,15)(H,16,17). The Labute approximate surface area is 98.5 Å². The number of aliphatic carboxylic acids is 2. The molecule has 0 aliphatic carbocycles. The molecule has 0 spiro atoms. The van der Waals surface area contributed by atoms with E-state index < -0.39 is 11.9 Å². The van der Waals surface area contributed by atoms with Crippen LogP contribution >= 0.6 is 0 Å². The third-order valence-electron chi connectivity index (χ3n) is 2.20. The molecular weight excluding hydrogens is 224 g/mol. The number of carboxylic acid groups (broad SMARTS) is 2. The van der Waals surface area contributed by atoms with E-state index >= 15 is 0 Å². The summed E-state index contributed by atoms with van der Waals surface area (Å²) in [5, 5.41) is 17.4. The van der Waals surface area contributed by atoms with Crippen LogP contribution in [0.25, 0.3) is 0 Å². The number of carbonyl (C=O) groups is 2. The molecule has 0 amide bonds. The first kappa shape index (κ1) is 13.0. The predicted molar refractivity (Wildman–Crippen MR) is 61.1 cm³/mol. The fourth-order valence-corrected chi connectivity index (χ4v) is 1.46. The lowest BCUT2D eigenvalue weighted by molar-refractivity contribution is -0.138. The molecule has 6 heteroatoms. The van der Waals surface area contributed by atoms with Crippen LogP contribution in [0.1, 0.15) is 12.0 Å². The number of carboxylic acids is 2. The minimum Gasteiger partial charge on any atom is -0.481 e. The summed E-state index contributed by atoms with van der Waals surface area (Å²) < 4.78 is 0. The second-order valence-electron chi connectivity index (χ2n) is 3.60. The number of rotatable bonds is 6. The van der Waals surface area contributed by atoms with Crippen LogP contribution < -0.4 is 4.90 Å². The van der Waals surface area contributed by atoms with E-state index in [0.717, 1.165) is 5.56 Å². The second-order valence-corrected chi connectivity index (χ2v) is 3.60. The highest BCUT2D eigenvalue weighted by Gasteiger charge is 2.14. The summed E-state index contributed by atoms with van der Waals surface area (Å²) >= 11 is 0. The molecule has 0 aliphatic rings. The Hall–Kier alpha value is -2.11. The number of pyridine rings is 1. The second kappa shape index (κ2) is 5.83. The van der Waals surface area contributed by atoms with Crippen LogP contribution in [0.15, 0.2) is 18.3 Å². The lowest BCUT2D eigenvalue weighted by Gasteiger charge is -2.22. The number of hydrogen-bond donors (Lipinski definition) is 2. The van der Waals surface area contributed by atoms with E-state index in [-0.39, 0.29) is 19.5 Å². The molecule has 0 atom stereocenters. The van der Waals surface area contributed by atoms with Gasteiger partial charge in [0.2, 0.25) is 0 Å². The summed E-state index contributed by atoms with van der Waals surface area (Å²) in [6, 6.07) is 3.55. The Bertz CT molecular complexity index is 420. The highest BCUT2D eigenvalue weighted by Crippen LogP contribution is 2.15. The van der Waals surface area contributed by atoms with Crippen molar-refractivity contribution in [1.82, 2.24) is 4.98 Å². The maximum atomic E-state index is 10.7. The molecule has 17 heavy (non-hydrogen) atoms. The number of aryl methyl sites for hydroxylation is 1. The number of hydrogen-bond acceptors (Lipinski definition) is 4. The highest BCUT2D eigenvalue weighted by atomic mass is 16.4. The molecule has 0 radical (unpaired) electrons. The normalized spacial score (nSPS) is 9.94. The Morgan fingerprint density at radius 2 is 2.06 bits per heavy atom. The number of nitrogens with zero attached hydrogens (tertiary/aromatic N) is 2. The molecule has 0 aromatic carbocycles. The average molecular weight is 238 g/mol. The maximum Gasteiger partial charge on any atom is 0.323 e. The Balaban J connectivity index is 2.85. The van der Waals surface area contributed by atoms with Crippen LogP contribution in [-0.2, 0) is 9.59 Å². The SMILES string of the molecule is Cc1cccnc1N(CCC(=O)O)CC(=O)O. The van der Waals surface area contributed by atoms with Crippen molar-refractivity contribution in [2.75, 3.05) is 18.0 Å². The molecule has 0 saturated carbocycles. The monoisotopic (exact) mass is 238 g/mol. The van der Waals surface area contributed by atoms with Crippen LogP contribution in [0.3, 0.4) is 0 Å². The summed E-state index contributed by atoms with van der Waals surface area (Å²) in [7, 11) is 0. The predicted octanol–water partition coefficient (Wildman–Crippen LogP) is 0.756. The lowest BCUT2D eigenvalue weighted by Crippen LogP contribution is -2.33. The summed E-state index contributed by atoms with van der Waals surface area (Å²) in [6.07, 6.45) is 1.43. The van der Waals surface area contributed by atoms with E-state index in [0.29, 0.717) is 5.82 Å². The van der Waals surface area contributed by atoms with E-state index in [4.69, 9.17) is 10.2 Å². The summed E-state index contributed by atoms with van der Waals surface area (Å²) in [5.74, 6) is -1.47. The first-order valence-electron chi connectivity index (χ1n) is 5.11. The summed E-state index contributed by atoms with van der Waals surface area (Å²) in [5.41, 5.74) is 0.819. The minimum absolute atomic E-state index is 0.122. The van der Waals surface area contributed by atoms with Gasteiger partial charge in [-0.05, 0) is 18.6 Å². The van der Waals surface area contributed by atoms with Crippen molar-refractivity contribution in [1.29, 1.82) is 0 Å². The largest absolute Gasteiger partial charge is 0.481 e. The highest BCUT2D eigenvalue weighted by molar-refractivity contribution is 5.74. The van der Waals surface area contributed by atoms with Gasteiger partial charge in [-0.25, -0.2) is 4.98 Å². The Morgan fingerprint density at radius 3 is 2.59 bits per heavy atom. The van der Waals surface area contributed by atoms with E-state index in [1.54, 1.807) is 25.3 Å². The van der Waals surface area contributed by atoms with Gasteiger partial charge in [0.15, 0.2) is 0 Å². The number of aromatic nitrogens is 1. The van der Waals surface area contributed by atoms with Crippen LogP contribution in [-0.4, -0.2) is 40.2 Å². The molecule has 0 unspecified atom stereocenters. The van der Waals surface area contributed by atoms with E-state index in [1.165, 1.54) is 4.90 Å². The van der Waals surface area contributed by atoms with Crippen molar-refractivity contribution in [3.05, 3.63) is 23.9 Å². The molecule has 2 N–H and O–H groups in total. The molecule has 1 rings (SSSR count). The van der Waals surface area contributed by atoms with Gasteiger partial charge in [-0.15, -0.1) is 0 Å². The van der Waals surface area contributed by atoms with Gasteiger partial charge in [0.25, 0.3) is 0 Å². The topological polar surface area (TPSA) is 90.7 Å². The molecule has 0 bridgehead atoms. The average Bonchev–Trinajstić information content (AvgIpc) is 2.24. The minimum atomic E-state index is -1.01. The van der Waals surface area contributed by atoms with Gasteiger partial charge in [-0.2, -0.15) is 0 Å². The molecule has 0 fully saturated rings. The van der Waals surface area contributed by atoms with Crippen molar-refractivity contribution in [3.63, 3.8) is 0 Å². The molecular formula is C11H14N2O4. The first-order chi connectivity index (χ1) is 8.00. The van der Waals surface area contributed by atoms with Crippen LogP contribution in [0, 0.1) is 6.92 Å².